The molecule has 2 aliphatic rings. The standard InChI is InChI=1S/C18H23ClN2O8S/c1-11(30)20(8-7-19)12-9-28-21(14(12)23)18(6-5-13(22)29-18)16(25)27-10-26-15(24)17(2,3)4/h7-8,12H,5-6,9-10H2,1-4H3/t12-,18?/m0/s1. The van der Waals surface area contributed by atoms with E-state index in [1.807, 2.05) is 0 Å². The van der Waals surface area contributed by atoms with Crippen LogP contribution in [0.1, 0.15) is 40.5 Å². The minimum Gasteiger partial charge on any atom is -0.427 e. The summed E-state index contributed by atoms with van der Waals surface area (Å²) < 4.78 is 15.1. The molecule has 0 N–H and O–H groups in total. The van der Waals surface area contributed by atoms with Crippen molar-refractivity contribution >= 4 is 52.6 Å². The second-order valence-corrected chi connectivity index (χ2v) is 8.48. The molecule has 0 aliphatic carbocycles. The van der Waals surface area contributed by atoms with E-state index in [9.17, 15) is 19.2 Å². The second-order valence-electron chi connectivity index (χ2n) is 7.64. The lowest BCUT2D eigenvalue weighted by molar-refractivity contribution is -0.262. The van der Waals surface area contributed by atoms with Crippen LogP contribution in [0, 0.1) is 5.41 Å². The number of esters is 3. The molecule has 30 heavy (non-hydrogen) atoms. The molecule has 2 atom stereocenters. The average Bonchev–Trinajstić information content (AvgIpc) is 3.22. The minimum atomic E-state index is -2.12. The fraction of sp³-hybridized carbons (Fsp3) is 0.611. The van der Waals surface area contributed by atoms with Gasteiger partial charge in [0.1, 0.15) is 12.6 Å². The lowest BCUT2D eigenvalue weighted by Crippen LogP contribution is -2.57. The van der Waals surface area contributed by atoms with Gasteiger partial charge in [-0.2, -0.15) is 5.06 Å². The number of cyclic esters (lactones) is 1. The fourth-order valence-corrected chi connectivity index (χ4v) is 3.09. The Hall–Kier alpha value is -2.24. The molecule has 0 radical (unpaired) electrons. The van der Waals surface area contributed by atoms with Gasteiger partial charge in [-0.1, -0.05) is 23.8 Å². The molecule has 2 aliphatic heterocycles. The molecule has 2 saturated heterocycles. The van der Waals surface area contributed by atoms with Crippen molar-refractivity contribution in [2.75, 3.05) is 13.4 Å². The number of rotatable bonds is 6. The first-order valence-corrected chi connectivity index (χ1v) is 9.87. The highest BCUT2D eigenvalue weighted by atomic mass is 35.5. The lowest BCUT2D eigenvalue weighted by Gasteiger charge is -2.32. The molecule has 10 nitrogen and oxygen atoms in total. The number of ether oxygens (including phenoxy) is 3. The summed E-state index contributed by atoms with van der Waals surface area (Å²) in [4.78, 5) is 56.5. The van der Waals surface area contributed by atoms with E-state index in [1.54, 1.807) is 27.7 Å². The number of nitrogens with zero attached hydrogens (tertiary/aromatic N) is 2. The summed E-state index contributed by atoms with van der Waals surface area (Å²) in [6.45, 7) is 5.61. The Morgan fingerprint density at radius 3 is 2.53 bits per heavy atom. The van der Waals surface area contributed by atoms with E-state index < -0.39 is 47.8 Å². The maximum absolute atomic E-state index is 13.0. The van der Waals surface area contributed by atoms with Gasteiger partial charge in [0.2, 0.25) is 6.79 Å². The summed E-state index contributed by atoms with van der Waals surface area (Å²) in [6, 6.07) is -0.916. The molecule has 2 rings (SSSR count). The third kappa shape index (κ3) is 4.90. The van der Waals surface area contributed by atoms with Gasteiger partial charge in [-0.15, -0.1) is 0 Å². The van der Waals surface area contributed by atoms with Gasteiger partial charge in [0.05, 0.1) is 16.8 Å². The maximum Gasteiger partial charge on any atom is 0.377 e. The zero-order chi connectivity index (χ0) is 22.7. The van der Waals surface area contributed by atoms with Gasteiger partial charge >= 0.3 is 23.6 Å². The van der Waals surface area contributed by atoms with E-state index in [-0.39, 0.29) is 19.4 Å². The monoisotopic (exact) mass is 462 g/mol. The summed E-state index contributed by atoms with van der Waals surface area (Å²) in [5.74, 6) is -3.07. The molecule has 1 amide bonds. The van der Waals surface area contributed by atoms with Gasteiger partial charge in [-0.05, 0) is 27.7 Å². The third-order valence-electron chi connectivity index (χ3n) is 4.35. The number of carbonyl (C=O) groups is 4. The van der Waals surface area contributed by atoms with Gasteiger partial charge in [0.25, 0.3) is 5.91 Å². The number of hydroxylamine groups is 2. The van der Waals surface area contributed by atoms with Crippen LogP contribution in [0.2, 0.25) is 0 Å². The molecular weight excluding hydrogens is 440 g/mol. The van der Waals surface area contributed by atoms with Crippen LogP contribution in [0.25, 0.3) is 0 Å². The van der Waals surface area contributed by atoms with E-state index in [1.165, 1.54) is 16.6 Å². The summed E-state index contributed by atoms with van der Waals surface area (Å²) in [7, 11) is 0. The number of hydrogen-bond acceptors (Lipinski definition) is 9. The quantitative estimate of drug-likeness (QED) is 0.328. The highest BCUT2D eigenvalue weighted by Gasteiger charge is 2.60. The van der Waals surface area contributed by atoms with Gasteiger partial charge in [0.15, 0.2) is 0 Å². The van der Waals surface area contributed by atoms with E-state index in [0.717, 1.165) is 0 Å². The van der Waals surface area contributed by atoms with E-state index in [2.05, 4.69) is 0 Å². The second kappa shape index (κ2) is 9.27. The first kappa shape index (κ1) is 24.0. The number of hydrogen-bond donors (Lipinski definition) is 0. The molecular formula is C18H23ClN2O8S. The Morgan fingerprint density at radius 1 is 1.37 bits per heavy atom. The SMILES string of the molecule is CC(=S)N(C=CCl)[C@H]1CON(C2(C(=O)OCOC(=O)C(C)(C)C)CCC(=O)O2)C1=O. The first-order chi connectivity index (χ1) is 13.9. The molecule has 0 bridgehead atoms. The number of carbonyl (C=O) groups excluding carboxylic acids is 4. The van der Waals surface area contributed by atoms with Gasteiger partial charge < -0.3 is 19.1 Å². The number of halogens is 1. The van der Waals surface area contributed by atoms with Crippen LogP contribution in [0.15, 0.2) is 11.7 Å². The highest BCUT2D eigenvalue weighted by molar-refractivity contribution is 7.80. The van der Waals surface area contributed by atoms with E-state index >= 15 is 0 Å². The van der Waals surface area contributed by atoms with Gasteiger partial charge in [0, 0.05) is 18.2 Å². The van der Waals surface area contributed by atoms with Crippen molar-refractivity contribution < 1.29 is 38.2 Å². The first-order valence-electron chi connectivity index (χ1n) is 9.03. The van der Waals surface area contributed by atoms with Crippen molar-refractivity contribution in [1.82, 2.24) is 9.96 Å². The maximum atomic E-state index is 13.0. The Bertz CT molecular complexity index is 781. The molecule has 166 valence electrons. The fourth-order valence-electron chi connectivity index (χ4n) is 2.78. The Balaban J connectivity index is 2.18. The Morgan fingerprint density at radius 2 is 2.03 bits per heavy atom. The lowest BCUT2D eigenvalue weighted by atomic mass is 9.98. The number of amides is 1. The molecule has 1 unspecified atom stereocenters. The van der Waals surface area contributed by atoms with Crippen molar-refractivity contribution in [3.8, 4) is 0 Å². The van der Waals surface area contributed by atoms with Crippen LogP contribution in [-0.2, 0) is 38.2 Å². The largest absolute Gasteiger partial charge is 0.427 e. The van der Waals surface area contributed by atoms with Crippen molar-refractivity contribution in [2.24, 2.45) is 5.41 Å². The summed E-state index contributed by atoms with van der Waals surface area (Å²) >= 11 is 10.7. The zero-order valence-electron chi connectivity index (χ0n) is 17.0. The van der Waals surface area contributed by atoms with Crippen molar-refractivity contribution in [1.29, 1.82) is 0 Å². The van der Waals surface area contributed by atoms with Crippen LogP contribution < -0.4 is 0 Å². The molecule has 0 aromatic carbocycles. The average molecular weight is 463 g/mol. The van der Waals surface area contributed by atoms with Crippen LogP contribution in [0.5, 0.6) is 0 Å². The molecule has 0 aromatic heterocycles. The van der Waals surface area contributed by atoms with E-state index in [4.69, 9.17) is 42.9 Å². The summed E-state index contributed by atoms with van der Waals surface area (Å²) in [6.07, 6.45) is 1.07. The molecule has 0 saturated carbocycles. The van der Waals surface area contributed by atoms with Crippen molar-refractivity contribution in [3.63, 3.8) is 0 Å². The molecule has 2 heterocycles. The minimum absolute atomic E-state index is 0.133. The third-order valence-corrected chi connectivity index (χ3v) is 4.68. The Kier molecular flexibility index (Phi) is 7.43. The topological polar surface area (TPSA) is 112 Å². The van der Waals surface area contributed by atoms with Crippen LogP contribution >= 0.6 is 23.8 Å². The molecule has 2 fully saturated rings. The van der Waals surface area contributed by atoms with Gasteiger partial charge in [-0.25, -0.2) is 4.79 Å². The van der Waals surface area contributed by atoms with E-state index in [0.29, 0.717) is 10.1 Å². The van der Waals surface area contributed by atoms with Crippen molar-refractivity contribution in [2.45, 2.75) is 52.3 Å². The van der Waals surface area contributed by atoms with Crippen LogP contribution in [0.4, 0.5) is 0 Å². The van der Waals surface area contributed by atoms with Crippen molar-refractivity contribution in [3.05, 3.63) is 11.7 Å². The molecule has 0 spiro atoms. The smallest absolute Gasteiger partial charge is 0.377 e. The Labute approximate surface area is 183 Å². The predicted molar refractivity (Wildman–Crippen MR) is 106 cm³/mol. The normalized spacial score (nSPS) is 24.2. The molecule has 12 heteroatoms. The van der Waals surface area contributed by atoms with Gasteiger partial charge in [-0.3, -0.25) is 19.2 Å². The highest BCUT2D eigenvalue weighted by Crippen LogP contribution is 2.36. The van der Waals surface area contributed by atoms with Crippen LogP contribution in [0.3, 0.4) is 0 Å². The zero-order valence-corrected chi connectivity index (χ0v) is 18.6. The molecule has 0 aromatic rings. The summed E-state index contributed by atoms with van der Waals surface area (Å²) in [5, 5.41) is 0.684. The van der Waals surface area contributed by atoms with Crippen LogP contribution in [-0.4, -0.2) is 63.9 Å². The predicted octanol–water partition coefficient (Wildman–Crippen LogP) is 1.61. The summed E-state index contributed by atoms with van der Waals surface area (Å²) in [5.41, 5.74) is -1.75. The number of thiocarbonyl (C=S) groups is 1.